The van der Waals surface area contributed by atoms with E-state index in [4.69, 9.17) is 0 Å². The van der Waals surface area contributed by atoms with Gasteiger partial charge in [-0.25, -0.2) is 4.39 Å². The molecule has 4 heteroatoms. The van der Waals surface area contributed by atoms with Gasteiger partial charge in [-0.3, -0.25) is 0 Å². The first kappa shape index (κ1) is 8.99. The molecule has 0 bridgehead atoms. The Morgan fingerprint density at radius 3 is 2.93 bits per heavy atom. The fraction of sp³-hybridized carbons (Fsp3) is 0.300. The summed E-state index contributed by atoms with van der Waals surface area (Å²) in [5.41, 5.74) is 1.98. The molecule has 1 aromatic rings. The van der Waals surface area contributed by atoms with Gasteiger partial charge in [0, 0.05) is 5.56 Å². The summed E-state index contributed by atoms with van der Waals surface area (Å²) in [6.07, 6.45) is 2.23. The summed E-state index contributed by atoms with van der Waals surface area (Å²) in [4.78, 5) is 10.0. The van der Waals surface area contributed by atoms with Crippen molar-refractivity contribution >= 4 is 5.71 Å². The normalized spacial score (nSPS) is 17.9. The van der Waals surface area contributed by atoms with Crippen molar-refractivity contribution in [2.45, 2.75) is 19.3 Å². The highest BCUT2D eigenvalue weighted by Gasteiger charge is 2.18. The van der Waals surface area contributed by atoms with Crippen molar-refractivity contribution in [3.63, 3.8) is 0 Å². The maximum absolute atomic E-state index is 13.3. The predicted molar refractivity (Wildman–Crippen MR) is 51.7 cm³/mol. The maximum atomic E-state index is 13.3. The zero-order valence-corrected chi connectivity index (χ0v) is 7.53. The van der Waals surface area contributed by atoms with Gasteiger partial charge in [0.2, 0.25) is 0 Å². The van der Waals surface area contributed by atoms with E-state index in [9.17, 15) is 9.30 Å². The molecule has 14 heavy (non-hydrogen) atoms. The standard InChI is InChI=1S/C10H9FN2O/c11-9-5-1-4-8-7(9)3-2-6-10(8)12-13-14/h1,4-5H,2-3,6H2/b12-10+. The van der Waals surface area contributed by atoms with Crippen LogP contribution in [0.4, 0.5) is 4.39 Å². The molecule has 0 heterocycles. The second kappa shape index (κ2) is 3.65. The van der Waals surface area contributed by atoms with Gasteiger partial charge in [-0.05, 0) is 30.9 Å². The summed E-state index contributed by atoms with van der Waals surface area (Å²) in [5, 5.41) is 5.99. The van der Waals surface area contributed by atoms with Crippen LogP contribution >= 0.6 is 0 Å². The summed E-state index contributed by atoms with van der Waals surface area (Å²) >= 11 is 0. The smallest absolute Gasteiger partial charge is 0.127 e. The van der Waals surface area contributed by atoms with Crippen molar-refractivity contribution < 1.29 is 4.39 Å². The lowest BCUT2D eigenvalue weighted by Gasteiger charge is -2.16. The van der Waals surface area contributed by atoms with Gasteiger partial charge in [-0.2, -0.15) is 0 Å². The first-order valence-corrected chi connectivity index (χ1v) is 4.50. The zero-order valence-electron chi connectivity index (χ0n) is 7.53. The number of nitrogens with zero attached hydrogens (tertiary/aromatic N) is 2. The van der Waals surface area contributed by atoms with Gasteiger partial charge in [0.15, 0.2) is 0 Å². The molecule has 0 aromatic heterocycles. The third-order valence-corrected chi connectivity index (χ3v) is 2.43. The van der Waals surface area contributed by atoms with Gasteiger partial charge in [0.05, 0.1) is 11.0 Å². The molecule has 1 aliphatic carbocycles. The molecule has 0 radical (unpaired) electrons. The van der Waals surface area contributed by atoms with E-state index in [1.807, 2.05) is 0 Å². The van der Waals surface area contributed by atoms with Crippen LogP contribution in [0.5, 0.6) is 0 Å². The van der Waals surface area contributed by atoms with E-state index < -0.39 is 0 Å². The minimum Gasteiger partial charge on any atom is -0.207 e. The van der Waals surface area contributed by atoms with Crippen molar-refractivity contribution in [3.8, 4) is 0 Å². The number of benzene rings is 1. The highest BCUT2D eigenvalue weighted by atomic mass is 19.1. The Bertz CT molecular complexity index is 401. The Kier molecular flexibility index (Phi) is 2.35. The van der Waals surface area contributed by atoms with E-state index in [2.05, 4.69) is 10.4 Å². The Balaban J connectivity index is 2.55. The van der Waals surface area contributed by atoms with Gasteiger partial charge in [-0.1, -0.05) is 12.1 Å². The van der Waals surface area contributed by atoms with Crippen LogP contribution in [0.3, 0.4) is 0 Å². The van der Waals surface area contributed by atoms with Crippen molar-refractivity contribution in [1.29, 1.82) is 0 Å². The summed E-state index contributed by atoms with van der Waals surface area (Å²) in [6.45, 7) is 0. The molecule has 0 spiro atoms. The number of hydrogen-bond donors (Lipinski definition) is 0. The van der Waals surface area contributed by atoms with Crippen LogP contribution in [0.25, 0.3) is 0 Å². The van der Waals surface area contributed by atoms with Crippen LogP contribution in [0.15, 0.2) is 28.6 Å². The number of hydrogen-bond acceptors (Lipinski definition) is 2. The third-order valence-electron chi connectivity index (χ3n) is 2.43. The first-order valence-electron chi connectivity index (χ1n) is 4.50. The Morgan fingerprint density at radius 1 is 1.29 bits per heavy atom. The second-order valence-electron chi connectivity index (χ2n) is 3.25. The number of halogens is 1. The molecule has 0 aliphatic heterocycles. The van der Waals surface area contributed by atoms with Crippen molar-refractivity contribution in [3.05, 3.63) is 40.1 Å². The Hall–Kier alpha value is -1.58. The molecule has 0 saturated heterocycles. The van der Waals surface area contributed by atoms with Crippen LogP contribution in [-0.2, 0) is 6.42 Å². The first-order chi connectivity index (χ1) is 6.83. The molecule has 0 fully saturated rings. The average molecular weight is 192 g/mol. The summed E-state index contributed by atoms with van der Waals surface area (Å²) in [6, 6.07) is 4.83. The van der Waals surface area contributed by atoms with Crippen molar-refractivity contribution in [2.24, 2.45) is 10.4 Å². The van der Waals surface area contributed by atoms with Crippen molar-refractivity contribution in [1.82, 2.24) is 0 Å². The molecule has 72 valence electrons. The molecule has 0 atom stereocenters. The molecule has 2 rings (SSSR count). The number of rotatable bonds is 1. The zero-order chi connectivity index (χ0) is 9.97. The number of nitroso groups, excluding NO2 is 1. The highest BCUT2D eigenvalue weighted by Crippen LogP contribution is 2.24. The molecule has 0 unspecified atom stereocenters. The largest absolute Gasteiger partial charge is 0.207 e. The van der Waals surface area contributed by atoms with Gasteiger partial charge in [-0.15, -0.1) is 10.0 Å². The van der Waals surface area contributed by atoms with E-state index in [0.29, 0.717) is 24.1 Å². The highest BCUT2D eigenvalue weighted by molar-refractivity contribution is 6.02. The van der Waals surface area contributed by atoms with Gasteiger partial charge < -0.3 is 0 Å². The van der Waals surface area contributed by atoms with E-state index in [1.165, 1.54) is 6.07 Å². The van der Waals surface area contributed by atoms with E-state index >= 15 is 0 Å². The molecule has 0 amide bonds. The molecule has 0 saturated carbocycles. The van der Waals surface area contributed by atoms with Gasteiger partial charge >= 0.3 is 0 Å². The molecular weight excluding hydrogens is 183 g/mol. The minimum absolute atomic E-state index is 0.221. The lowest BCUT2D eigenvalue weighted by Crippen LogP contribution is -2.13. The fourth-order valence-corrected chi connectivity index (χ4v) is 1.80. The van der Waals surface area contributed by atoms with Crippen LogP contribution in [0.1, 0.15) is 24.0 Å². The summed E-state index contributed by atoms with van der Waals surface area (Å²) in [5.74, 6) is -0.221. The average Bonchev–Trinajstić information content (AvgIpc) is 2.20. The number of fused-ring (bicyclic) bond motifs is 1. The van der Waals surface area contributed by atoms with Crippen LogP contribution in [-0.4, -0.2) is 5.71 Å². The third kappa shape index (κ3) is 1.43. The van der Waals surface area contributed by atoms with Crippen molar-refractivity contribution in [2.75, 3.05) is 0 Å². The Labute approximate surface area is 80.6 Å². The molecule has 1 aromatic carbocycles. The molecule has 0 N–H and O–H groups in total. The van der Waals surface area contributed by atoms with E-state index in [0.717, 1.165) is 12.0 Å². The molecule has 3 nitrogen and oxygen atoms in total. The second-order valence-corrected chi connectivity index (χ2v) is 3.25. The van der Waals surface area contributed by atoms with Crippen LogP contribution in [0.2, 0.25) is 0 Å². The summed E-state index contributed by atoms with van der Waals surface area (Å²) < 4.78 is 13.3. The van der Waals surface area contributed by atoms with Crippen LogP contribution in [0, 0.1) is 10.7 Å². The molecular formula is C10H9FN2O. The predicted octanol–water partition coefficient (Wildman–Crippen LogP) is 2.63. The minimum atomic E-state index is -0.221. The molecule has 1 aliphatic rings. The quantitative estimate of drug-likeness (QED) is 0.498. The Morgan fingerprint density at radius 2 is 2.14 bits per heavy atom. The monoisotopic (exact) mass is 192 g/mol. The van der Waals surface area contributed by atoms with Gasteiger partial charge in [0.25, 0.3) is 0 Å². The van der Waals surface area contributed by atoms with Gasteiger partial charge in [0.1, 0.15) is 5.82 Å². The lowest BCUT2D eigenvalue weighted by molar-refractivity contribution is 0.601. The lowest BCUT2D eigenvalue weighted by atomic mass is 9.90. The maximum Gasteiger partial charge on any atom is 0.127 e. The van der Waals surface area contributed by atoms with Crippen LogP contribution < -0.4 is 0 Å². The SMILES string of the molecule is O=N/N=C1\CCCc2c(F)cccc21. The topological polar surface area (TPSA) is 41.8 Å². The fourth-order valence-electron chi connectivity index (χ4n) is 1.80. The summed E-state index contributed by atoms with van der Waals surface area (Å²) in [7, 11) is 0. The van der Waals surface area contributed by atoms with E-state index in [1.54, 1.807) is 12.1 Å². The van der Waals surface area contributed by atoms with E-state index in [-0.39, 0.29) is 5.82 Å².